The molecule has 0 bridgehead atoms. The summed E-state index contributed by atoms with van der Waals surface area (Å²) in [7, 11) is 0. The van der Waals surface area contributed by atoms with Gasteiger partial charge in [0.2, 0.25) is 11.8 Å². The lowest BCUT2D eigenvalue weighted by molar-refractivity contribution is 0.0684. The van der Waals surface area contributed by atoms with E-state index in [0.29, 0.717) is 17.3 Å². The minimum Gasteiger partial charge on any atom is -0.477 e. The van der Waals surface area contributed by atoms with Gasteiger partial charge in [-0.15, -0.1) is 10.2 Å². The van der Waals surface area contributed by atoms with Gasteiger partial charge < -0.3 is 14.1 Å². The molecule has 0 saturated heterocycles. The van der Waals surface area contributed by atoms with Crippen LogP contribution < -0.4 is 0 Å². The Morgan fingerprint density at radius 3 is 2.81 bits per heavy atom. The minimum atomic E-state index is -0.960. The van der Waals surface area contributed by atoms with Crippen molar-refractivity contribution in [2.45, 2.75) is 20.4 Å². The molecule has 16 heavy (non-hydrogen) atoms. The van der Waals surface area contributed by atoms with E-state index in [4.69, 9.17) is 9.52 Å². The first-order chi connectivity index (χ1) is 7.58. The second-order valence-electron chi connectivity index (χ2n) is 3.50. The average molecular weight is 221 g/mol. The number of hydrogen-bond acceptors (Lipinski definition) is 4. The predicted octanol–water partition coefficient (Wildman–Crippen LogP) is 1.23. The first-order valence-electron chi connectivity index (χ1n) is 4.76. The first kappa shape index (κ1) is 10.4. The molecule has 0 spiro atoms. The largest absolute Gasteiger partial charge is 0.477 e. The number of carbonyl (C=O) groups is 1. The maximum atomic E-state index is 11.0. The molecular formula is C10H11N3O3. The lowest BCUT2D eigenvalue weighted by atomic mass is 10.3. The van der Waals surface area contributed by atoms with Gasteiger partial charge in [0.15, 0.2) is 0 Å². The fourth-order valence-electron chi connectivity index (χ4n) is 1.55. The van der Waals surface area contributed by atoms with Gasteiger partial charge in [0.25, 0.3) is 0 Å². The molecule has 1 N–H and O–H groups in total. The highest BCUT2D eigenvalue weighted by Crippen LogP contribution is 2.12. The van der Waals surface area contributed by atoms with Crippen LogP contribution in [0.1, 0.15) is 27.8 Å². The first-order valence-corrected chi connectivity index (χ1v) is 4.76. The van der Waals surface area contributed by atoms with E-state index in [1.54, 1.807) is 30.7 Å². The topological polar surface area (TPSA) is 81.2 Å². The van der Waals surface area contributed by atoms with E-state index < -0.39 is 5.97 Å². The van der Waals surface area contributed by atoms with Gasteiger partial charge in [0.1, 0.15) is 12.2 Å². The number of aromatic nitrogens is 3. The fraction of sp³-hybridized carbons (Fsp3) is 0.300. The number of rotatable bonds is 3. The molecule has 0 saturated carbocycles. The molecule has 2 rings (SSSR count). The van der Waals surface area contributed by atoms with Gasteiger partial charge in [0, 0.05) is 13.1 Å². The van der Waals surface area contributed by atoms with Crippen LogP contribution >= 0.6 is 0 Å². The molecular weight excluding hydrogens is 210 g/mol. The van der Waals surface area contributed by atoms with Crippen LogP contribution in [0, 0.1) is 13.8 Å². The summed E-state index contributed by atoms with van der Waals surface area (Å²) in [6.07, 6.45) is 1.69. The Hall–Kier alpha value is -2.11. The second-order valence-corrected chi connectivity index (χ2v) is 3.50. The molecule has 0 aliphatic heterocycles. The third-order valence-electron chi connectivity index (χ3n) is 2.24. The second kappa shape index (κ2) is 3.80. The Bertz CT molecular complexity index is 527. The third kappa shape index (κ3) is 1.81. The molecule has 0 aliphatic rings. The molecule has 0 atom stereocenters. The van der Waals surface area contributed by atoms with Gasteiger partial charge >= 0.3 is 5.97 Å². The fourth-order valence-corrected chi connectivity index (χ4v) is 1.55. The SMILES string of the molecule is Cc1nnc(Cn2ccc(C)c2C(=O)O)o1. The van der Waals surface area contributed by atoms with Gasteiger partial charge in [-0.3, -0.25) is 0 Å². The molecule has 0 radical (unpaired) electrons. The molecule has 2 aromatic rings. The van der Waals surface area contributed by atoms with Crippen LogP contribution in [-0.4, -0.2) is 25.8 Å². The van der Waals surface area contributed by atoms with E-state index in [2.05, 4.69) is 10.2 Å². The van der Waals surface area contributed by atoms with Crippen molar-refractivity contribution in [2.24, 2.45) is 0 Å². The van der Waals surface area contributed by atoms with Crippen LogP contribution in [0.2, 0.25) is 0 Å². The number of aromatic carboxylic acids is 1. The van der Waals surface area contributed by atoms with Gasteiger partial charge in [-0.2, -0.15) is 0 Å². The summed E-state index contributed by atoms with van der Waals surface area (Å²) in [5, 5.41) is 16.5. The van der Waals surface area contributed by atoms with Crippen molar-refractivity contribution in [2.75, 3.05) is 0 Å². The molecule has 6 nitrogen and oxygen atoms in total. The lowest BCUT2D eigenvalue weighted by Gasteiger charge is -2.03. The molecule has 2 heterocycles. The van der Waals surface area contributed by atoms with Crippen LogP contribution in [-0.2, 0) is 6.54 Å². The van der Waals surface area contributed by atoms with Crippen molar-refractivity contribution in [3.63, 3.8) is 0 Å². The van der Waals surface area contributed by atoms with Crippen LogP contribution in [0.5, 0.6) is 0 Å². The quantitative estimate of drug-likeness (QED) is 0.843. The smallest absolute Gasteiger partial charge is 0.352 e. The third-order valence-corrected chi connectivity index (χ3v) is 2.24. The van der Waals surface area contributed by atoms with Crippen molar-refractivity contribution in [1.82, 2.24) is 14.8 Å². The molecule has 0 aliphatic carbocycles. The van der Waals surface area contributed by atoms with E-state index in [1.165, 1.54) is 0 Å². The van der Waals surface area contributed by atoms with E-state index in [9.17, 15) is 4.79 Å². The molecule has 6 heteroatoms. The van der Waals surface area contributed by atoms with E-state index >= 15 is 0 Å². The van der Waals surface area contributed by atoms with Crippen molar-refractivity contribution < 1.29 is 14.3 Å². The number of aryl methyl sites for hydroxylation is 2. The van der Waals surface area contributed by atoms with Crippen LogP contribution in [0.15, 0.2) is 16.7 Å². The molecule has 0 fully saturated rings. The number of carboxylic acid groups (broad SMARTS) is 1. The van der Waals surface area contributed by atoms with Crippen molar-refractivity contribution in [3.8, 4) is 0 Å². The van der Waals surface area contributed by atoms with Gasteiger partial charge in [-0.25, -0.2) is 4.79 Å². The van der Waals surface area contributed by atoms with Crippen LogP contribution in [0.3, 0.4) is 0 Å². The van der Waals surface area contributed by atoms with E-state index in [-0.39, 0.29) is 12.2 Å². The van der Waals surface area contributed by atoms with Crippen LogP contribution in [0.4, 0.5) is 0 Å². The standard InChI is InChI=1S/C10H11N3O3/c1-6-3-4-13(9(6)10(14)15)5-8-12-11-7(2)16-8/h3-4H,5H2,1-2H3,(H,14,15). The van der Waals surface area contributed by atoms with Gasteiger partial charge in [-0.05, 0) is 18.6 Å². The molecule has 2 aromatic heterocycles. The Balaban J connectivity index is 2.31. The molecule has 0 aromatic carbocycles. The highest BCUT2D eigenvalue weighted by atomic mass is 16.4. The zero-order valence-corrected chi connectivity index (χ0v) is 8.97. The highest BCUT2D eigenvalue weighted by Gasteiger charge is 2.14. The van der Waals surface area contributed by atoms with Gasteiger partial charge in [0.05, 0.1) is 0 Å². The lowest BCUT2D eigenvalue weighted by Crippen LogP contribution is -2.10. The summed E-state index contributed by atoms with van der Waals surface area (Å²) < 4.78 is 6.77. The summed E-state index contributed by atoms with van der Waals surface area (Å²) in [5.41, 5.74) is 0.958. The summed E-state index contributed by atoms with van der Waals surface area (Å²) >= 11 is 0. The van der Waals surface area contributed by atoms with E-state index in [1.807, 2.05) is 0 Å². The number of hydrogen-bond donors (Lipinski definition) is 1. The zero-order chi connectivity index (χ0) is 11.7. The Morgan fingerprint density at radius 2 is 2.25 bits per heavy atom. The zero-order valence-electron chi connectivity index (χ0n) is 8.97. The summed E-state index contributed by atoms with van der Waals surface area (Å²) in [4.78, 5) is 11.0. The molecule has 0 unspecified atom stereocenters. The van der Waals surface area contributed by atoms with Crippen molar-refractivity contribution in [1.29, 1.82) is 0 Å². The van der Waals surface area contributed by atoms with Gasteiger partial charge in [-0.1, -0.05) is 0 Å². The summed E-state index contributed by atoms with van der Waals surface area (Å²) in [5.74, 6) is -0.0925. The monoisotopic (exact) mass is 221 g/mol. The normalized spacial score (nSPS) is 10.6. The Labute approximate surface area is 91.5 Å². The Morgan fingerprint density at radius 1 is 1.50 bits per heavy atom. The highest BCUT2D eigenvalue weighted by molar-refractivity contribution is 5.87. The predicted molar refractivity (Wildman–Crippen MR) is 54.3 cm³/mol. The Kier molecular flexibility index (Phi) is 2.47. The number of carboxylic acids is 1. The summed E-state index contributed by atoms with van der Waals surface area (Å²) in [6, 6.07) is 1.74. The molecule has 0 amide bonds. The average Bonchev–Trinajstić information content (AvgIpc) is 2.74. The minimum absolute atomic E-state index is 0.246. The van der Waals surface area contributed by atoms with Crippen molar-refractivity contribution >= 4 is 5.97 Å². The maximum absolute atomic E-state index is 11.0. The molecule has 84 valence electrons. The number of nitrogens with zero attached hydrogens (tertiary/aromatic N) is 3. The van der Waals surface area contributed by atoms with E-state index in [0.717, 1.165) is 0 Å². The van der Waals surface area contributed by atoms with Crippen LogP contribution in [0.25, 0.3) is 0 Å². The maximum Gasteiger partial charge on any atom is 0.352 e. The van der Waals surface area contributed by atoms with Crippen molar-refractivity contribution in [3.05, 3.63) is 35.3 Å². The summed E-state index contributed by atoms with van der Waals surface area (Å²) in [6.45, 7) is 3.71.